The molecule has 4 rings (SSSR count). The average molecular weight is 337 g/mol. The Hall–Kier alpha value is -3.02. The topological polar surface area (TPSA) is 78.3 Å². The fourth-order valence-corrected chi connectivity index (χ4v) is 3.41. The normalized spacial score (nSPS) is 17.1. The summed E-state index contributed by atoms with van der Waals surface area (Å²) in [5, 5.41) is 3.75. The van der Waals surface area contributed by atoms with Gasteiger partial charge in [-0.15, -0.1) is 0 Å². The fourth-order valence-electron chi connectivity index (χ4n) is 3.41. The van der Waals surface area contributed by atoms with Crippen molar-refractivity contribution in [1.82, 2.24) is 15.2 Å². The molecule has 25 heavy (non-hydrogen) atoms. The van der Waals surface area contributed by atoms with Crippen LogP contribution in [0.15, 0.2) is 53.3 Å². The van der Waals surface area contributed by atoms with E-state index in [9.17, 15) is 9.59 Å². The quantitative estimate of drug-likeness (QED) is 0.768. The molecule has 0 bridgehead atoms. The van der Waals surface area contributed by atoms with Crippen molar-refractivity contribution in [1.29, 1.82) is 0 Å². The minimum absolute atomic E-state index is 0.0964. The molecular formula is C19H19N3O3. The van der Waals surface area contributed by atoms with Gasteiger partial charge < -0.3 is 19.6 Å². The molecule has 128 valence electrons. The first kappa shape index (κ1) is 15.5. The lowest BCUT2D eigenvalue weighted by Crippen LogP contribution is -2.45. The summed E-state index contributed by atoms with van der Waals surface area (Å²) < 4.78 is 5.23. The third kappa shape index (κ3) is 2.91. The van der Waals surface area contributed by atoms with Crippen LogP contribution in [0.5, 0.6) is 0 Å². The molecule has 1 unspecified atom stereocenters. The fraction of sp³-hybridized carbons (Fsp3) is 0.263. The Balaban J connectivity index is 1.51. The van der Waals surface area contributed by atoms with Gasteiger partial charge in [0.05, 0.1) is 12.8 Å². The van der Waals surface area contributed by atoms with Gasteiger partial charge >= 0.3 is 0 Å². The van der Waals surface area contributed by atoms with Gasteiger partial charge in [0.2, 0.25) is 5.91 Å². The molecule has 1 fully saturated rings. The summed E-state index contributed by atoms with van der Waals surface area (Å²) in [6.45, 7) is 0.927. The number of rotatable bonds is 4. The Bertz CT molecular complexity index is 898. The lowest BCUT2D eigenvalue weighted by molar-refractivity contribution is -0.125. The Kier molecular flexibility index (Phi) is 4.01. The zero-order valence-corrected chi connectivity index (χ0v) is 13.7. The van der Waals surface area contributed by atoms with Crippen molar-refractivity contribution in [3.8, 4) is 0 Å². The maximum Gasteiger partial charge on any atom is 0.255 e. The summed E-state index contributed by atoms with van der Waals surface area (Å²) in [6, 6.07) is 10.7. The van der Waals surface area contributed by atoms with Crippen LogP contribution in [0.25, 0.3) is 10.9 Å². The largest absolute Gasteiger partial charge is 0.467 e. The van der Waals surface area contributed by atoms with E-state index >= 15 is 0 Å². The number of fused-ring (bicyclic) bond motifs is 1. The summed E-state index contributed by atoms with van der Waals surface area (Å²) in [4.78, 5) is 30.4. The first-order valence-corrected chi connectivity index (χ1v) is 8.41. The highest BCUT2D eigenvalue weighted by atomic mass is 16.3. The van der Waals surface area contributed by atoms with Crippen molar-refractivity contribution in [2.24, 2.45) is 0 Å². The van der Waals surface area contributed by atoms with E-state index in [2.05, 4.69) is 10.3 Å². The van der Waals surface area contributed by atoms with Gasteiger partial charge in [-0.2, -0.15) is 0 Å². The van der Waals surface area contributed by atoms with Crippen molar-refractivity contribution < 1.29 is 14.0 Å². The summed E-state index contributed by atoms with van der Waals surface area (Å²) in [5.74, 6) is 0.464. The van der Waals surface area contributed by atoms with Crippen molar-refractivity contribution >= 4 is 22.7 Å². The monoisotopic (exact) mass is 337 g/mol. The number of benzene rings is 1. The lowest BCUT2D eigenvalue weighted by atomic mass is 10.1. The number of hydrogen-bond donors (Lipinski definition) is 2. The zero-order chi connectivity index (χ0) is 17.2. The zero-order valence-electron chi connectivity index (χ0n) is 13.7. The van der Waals surface area contributed by atoms with Crippen LogP contribution in [-0.2, 0) is 11.3 Å². The van der Waals surface area contributed by atoms with Gasteiger partial charge in [-0.1, -0.05) is 6.07 Å². The lowest BCUT2D eigenvalue weighted by Gasteiger charge is -2.24. The number of aromatic nitrogens is 1. The number of nitrogens with one attached hydrogen (secondary N) is 2. The number of carbonyl (C=O) groups excluding carboxylic acids is 2. The third-order valence-electron chi connectivity index (χ3n) is 4.66. The SMILES string of the molecule is O=C(NCc1ccco1)C1CCCN1C(=O)c1cccc2[nH]ccc12. The van der Waals surface area contributed by atoms with Crippen molar-refractivity contribution in [2.45, 2.75) is 25.4 Å². The van der Waals surface area contributed by atoms with Crippen LogP contribution in [0.2, 0.25) is 0 Å². The molecule has 1 aromatic carbocycles. The number of amides is 2. The van der Waals surface area contributed by atoms with Crippen molar-refractivity contribution in [2.75, 3.05) is 6.54 Å². The maximum atomic E-state index is 13.0. The van der Waals surface area contributed by atoms with Gasteiger partial charge in [0.15, 0.2) is 0 Å². The van der Waals surface area contributed by atoms with E-state index in [-0.39, 0.29) is 11.8 Å². The highest BCUT2D eigenvalue weighted by Crippen LogP contribution is 2.24. The second kappa shape index (κ2) is 6.47. The predicted octanol–water partition coefficient (Wildman–Crippen LogP) is 2.68. The number of hydrogen-bond acceptors (Lipinski definition) is 3. The van der Waals surface area contributed by atoms with E-state index in [0.717, 1.165) is 17.3 Å². The molecular weight excluding hydrogens is 318 g/mol. The number of aromatic amines is 1. The third-order valence-corrected chi connectivity index (χ3v) is 4.66. The van der Waals surface area contributed by atoms with E-state index in [0.29, 0.717) is 30.8 Å². The first-order chi connectivity index (χ1) is 12.2. The van der Waals surface area contributed by atoms with Crippen LogP contribution in [-0.4, -0.2) is 34.3 Å². The van der Waals surface area contributed by atoms with Crippen molar-refractivity contribution in [3.05, 3.63) is 60.2 Å². The highest BCUT2D eigenvalue weighted by Gasteiger charge is 2.35. The van der Waals surface area contributed by atoms with Crippen LogP contribution < -0.4 is 5.32 Å². The predicted molar refractivity (Wildman–Crippen MR) is 92.9 cm³/mol. The van der Waals surface area contributed by atoms with E-state index in [1.54, 1.807) is 17.2 Å². The van der Waals surface area contributed by atoms with Crippen LogP contribution in [0.4, 0.5) is 0 Å². The summed E-state index contributed by atoms with van der Waals surface area (Å²) >= 11 is 0. The number of carbonyl (C=O) groups is 2. The molecule has 1 atom stereocenters. The molecule has 0 saturated carbocycles. The molecule has 2 amide bonds. The van der Waals surface area contributed by atoms with E-state index in [1.165, 1.54) is 0 Å². The van der Waals surface area contributed by atoms with Crippen LogP contribution >= 0.6 is 0 Å². The van der Waals surface area contributed by atoms with Gasteiger partial charge in [-0.05, 0) is 43.2 Å². The minimum Gasteiger partial charge on any atom is -0.467 e. The number of nitrogens with zero attached hydrogens (tertiary/aromatic N) is 1. The molecule has 1 aliphatic rings. The summed E-state index contributed by atoms with van der Waals surface area (Å²) in [5.41, 5.74) is 1.55. The molecule has 6 heteroatoms. The van der Waals surface area contributed by atoms with E-state index in [4.69, 9.17) is 4.42 Å². The summed E-state index contributed by atoms with van der Waals surface area (Å²) in [7, 11) is 0. The Labute approximate surface area is 144 Å². The molecule has 1 saturated heterocycles. The first-order valence-electron chi connectivity index (χ1n) is 8.41. The van der Waals surface area contributed by atoms with Gasteiger partial charge in [0.25, 0.3) is 5.91 Å². The van der Waals surface area contributed by atoms with Gasteiger partial charge in [0.1, 0.15) is 11.8 Å². The number of H-pyrrole nitrogens is 1. The van der Waals surface area contributed by atoms with E-state index < -0.39 is 6.04 Å². The average Bonchev–Trinajstić information content (AvgIpc) is 3.39. The van der Waals surface area contributed by atoms with Crippen LogP contribution in [0, 0.1) is 0 Å². The highest BCUT2D eigenvalue weighted by molar-refractivity contribution is 6.07. The second-order valence-electron chi connectivity index (χ2n) is 6.20. The molecule has 0 spiro atoms. The second-order valence-corrected chi connectivity index (χ2v) is 6.20. The molecule has 3 aromatic rings. The minimum atomic E-state index is -0.434. The molecule has 2 N–H and O–H groups in total. The molecule has 3 heterocycles. The molecule has 2 aromatic heterocycles. The smallest absolute Gasteiger partial charge is 0.255 e. The summed E-state index contributed by atoms with van der Waals surface area (Å²) in [6.07, 6.45) is 4.90. The number of likely N-dealkylation sites (tertiary alicyclic amines) is 1. The molecule has 1 aliphatic heterocycles. The molecule has 6 nitrogen and oxygen atoms in total. The Morgan fingerprint density at radius 2 is 2.16 bits per heavy atom. The van der Waals surface area contributed by atoms with Crippen LogP contribution in [0.3, 0.4) is 0 Å². The van der Waals surface area contributed by atoms with Gasteiger partial charge in [-0.3, -0.25) is 9.59 Å². The molecule has 0 aliphatic carbocycles. The van der Waals surface area contributed by atoms with Crippen molar-refractivity contribution in [3.63, 3.8) is 0 Å². The standard InChI is InChI=1S/C19H19N3O3/c23-18(21-12-13-4-3-11-25-13)17-7-2-10-22(17)19(24)15-5-1-6-16-14(15)8-9-20-16/h1,3-6,8-9,11,17,20H,2,7,10,12H2,(H,21,23). The Morgan fingerprint density at radius 1 is 1.24 bits per heavy atom. The Morgan fingerprint density at radius 3 is 3.00 bits per heavy atom. The number of furan rings is 1. The maximum absolute atomic E-state index is 13.0. The molecule has 0 radical (unpaired) electrons. The van der Waals surface area contributed by atoms with E-state index in [1.807, 2.05) is 36.5 Å². The van der Waals surface area contributed by atoms with Crippen LogP contribution in [0.1, 0.15) is 29.0 Å². The van der Waals surface area contributed by atoms with Gasteiger partial charge in [0, 0.05) is 29.2 Å². The van der Waals surface area contributed by atoms with Gasteiger partial charge in [-0.25, -0.2) is 0 Å².